The number of hydrogen-bond donors (Lipinski definition) is 1. The van der Waals surface area contributed by atoms with Crippen LogP contribution in [0.1, 0.15) is 72.2 Å². The van der Waals surface area contributed by atoms with Crippen LogP contribution in [0.15, 0.2) is 54.1 Å². The van der Waals surface area contributed by atoms with Crippen LogP contribution in [0.4, 0.5) is 10.5 Å². The lowest BCUT2D eigenvalue weighted by atomic mass is 9.48. The summed E-state index contributed by atoms with van der Waals surface area (Å²) >= 11 is 0. The predicted molar refractivity (Wildman–Crippen MR) is 160 cm³/mol. The van der Waals surface area contributed by atoms with Gasteiger partial charge < -0.3 is 4.57 Å². The van der Waals surface area contributed by atoms with E-state index in [9.17, 15) is 14.4 Å². The summed E-state index contributed by atoms with van der Waals surface area (Å²) in [5.41, 5.74) is 7.87. The Bertz CT molecular complexity index is 1610. The number of amides is 4. The highest BCUT2D eigenvalue weighted by Crippen LogP contribution is 2.60. The molecular weight excluding hydrogens is 510 g/mol. The molecule has 41 heavy (non-hydrogen) atoms. The van der Waals surface area contributed by atoms with E-state index in [-0.39, 0.29) is 5.57 Å². The lowest BCUT2D eigenvalue weighted by molar-refractivity contribution is -0.122. The van der Waals surface area contributed by atoms with E-state index in [1.54, 1.807) is 18.2 Å². The van der Waals surface area contributed by atoms with Gasteiger partial charge in [-0.25, -0.2) is 9.69 Å². The van der Waals surface area contributed by atoms with E-state index in [1.165, 1.54) is 44.1 Å². The molecule has 6 heteroatoms. The fourth-order valence-electron chi connectivity index (χ4n) is 8.77. The van der Waals surface area contributed by atoms with Crippen LogP contribution < -0.4 is 10.2 Å². The minimum atomic E-state index is -0.726. The van der Waals surface area contributed by atoms with Crippen LogP contribution in [0.25, 0.3) is 11.8 Å². The first-order valence-corrected chi connectivity index (χ1v) is 14.9. The van der Waals surface area contributed by atoms with Crippen LogP contribution in [0.5, 0.6) is 0 Å². The first-order chi connectivity index (χ1) is 19.6. The van der Waals surface area contributed by atoms with Gasteiger partial charge in [-0.1, -0.05) is 24.3 Å². The number of carbonyl (C=O) groups excluding carboxylic acids is 3. The van der Waals surface area contributed by atoms with Gasteiger partial charge in [0.1, 0.15) is 5.57 Å². The van der Waals surface area contributed by atoms with Crippen molar-refractivity contribution in [1.82, 2.24) is 9.88 Å². The second kappa shape index (κ2) is 9.30. The van der Waals surface area contributed by atoms with E-state index in [0.717, 1.165) is 56.4 Å². The molecule has 2 heterocycles. The van der Waals surface area contributed by atoms with Gasteiger partial charge in [0.15, 0.2) is 0 Å². The molecule has 210 valence electrons. The fraction of sp³-hybridized carbons (Fsp3) is 0.400. The molecule has 5 fully saturated rings. The molecule has 1 N–H and O–H groups in total. The van der Waals surface area contributed by atoms with Gasteiger partial charge in [-0.15, -0.1) is 0 Å². The van der Waals surface area contributed by atoms with Crippen molar-refractivity contribution in [2.75, 3.05) is 4.90 Å². The maximum Gasteiger partial charge on any atom is 0.335 e. The van der Waals surface area contributed by atoms with Crippen molar-refractivity contribution in [2.24, 2.45) is 17.8 Å². The maximum absolute atomic E-state index is 13.6. The molecule has 4 bridgehead atoms. The van der Waals surface area contributed by atoms with Gasteiger partial charge in [0, 0.05) is 17.1 Å². The van der Waals surface area contributed by atoms with E-state index < -0.39 is 17.8 Å². The highest BCUT2D eigenvalue weighted by atomic mass is 16.2. The number of nitrogens with zero attached hydrogens (tertiary/aromatic N) is 2. The molecule has 1 aliphatic heterocycles. The molecule has 0 atom stereocenters. The number of benzene rings is 2. The van der Waals surface area contributed by atoms with Gasteiger partial charge in [-0.2, -0.15) is 0 Å². The number of barbiturate groups is 1. The van der Waals surface area contributed by atoms with Gasteiger partial charge in [0.05, 0.1) is 5.69 Å². The summed E-state index contributed by atoms with van der Waals surface area (Å²) in [6, 6.07) is 15.9. The van der Waals surface area contributed by atoms with Crippen LogP contribution in [-0.4, -0.2) is 22.4 Å². The SMILES string of the molecule is Cc1cccc(N2C(=O)NC(=O)/C(=C\c3cc(C)n(-c4ccc(C56CC7CC(CC(C7)C5)C6)cc4)c3C)C2=O)c1C. The Kier molecular flexibility index (Phi) is 5.90. The molecular formula is C35H37N3O3. The lowest BCUT2D eigenvalue weighted by Gasteiger charge is -2.57. The second-order valence-corrected chi connectivity index (χ2v) is 13.1. The number of rotatable bonds is 4. The Hall–Kier alpha value is -3.93. The van der Waals surface area contributed by atoms with Crippen LogP contribution in [-0.2, 0) is 15.0 Å². The third-order valence-corrected chi connectivity index (χ3v) is 10.5. The predicted octanol–water partition coefficient (Wildman–Crippen LogP) is 6.85. The van der Waals surface area contributed by atoms with Crippen molar-refractivity contribution in [1.29, 1.82) is 0 Å². The standard InChI is InChI=1S/C35H37N3O3/c1-20-6-5-7-31(22(20)3)38-33(40)30(32(39)36-34(38)41)16-27-12-21(2)37(23(27)4)29-10-8-28(9-11-29)35-17-24-13-25(18-35)15-26(14-24)19-35/h5-12,16,24-26H,13-15,17-19H2,1-4H3,(H,36,39,41)/b30-16+. The Morgan fingerprint density at radius 3 is 2.12 bits per heavy atom. The topological polar surface area (TPSA) is 71.4 Å². The first-order valence-electron chi connectivity index (χ1n) is 14.9. The van der Waals surface area contributed by atoms with E-state index >= 15 is 0 Å². The van der Waals surface area contributed by atoms with Gasteiger partial charge in [0.2, 0.25) is 0 Å². The number of aryl methyl sites for hydroxylation is 2. The summed E-state index contributed by atoms with van der Waals surface area (Å²) < 4.78 is 2.18. The summed E-state index contributed by atoms with van der Waals surface area (Å²) in [5.74, 6) is 1.44. The molecule has 4 aliphatic carbocycles. The number of carbonyl (C=O) groups is 3. The van der Waals surface area contributed by atoms with Crippen LogP contribution >= 0.6 is 0 Å². The van der Waals surface area contributed by atoms with Crippen molar-refractivity contribution in [3.63, 3.8) is 0 Å². The Morgan fingerprint density at radius 1 is 0.854 bits per heavy atom. The molecule has 3 aromatic rings. The monoisotopic (exact) mass is 547 g/mol. The zero-order valence-electron chi connectivity index (χ0n) is 24.3. The Labute approximate surface area is 241 Å². The number of aromatic nitrogens is 1. The number of urea groups is 1. The number of hydrogen-bond acceptors (Lipinski definition) is 3. The number of nitrogens with one attached hydrogen (secondary N) is 1. The van der Waals surface area contributed by atoms with Crippen molar-refractivity contribution < 1.29 is 14.4 Å². The highest BCUT2D eigenvalue weighted by molar-refractivity contribution is 6.39. The third kappa shape index (κ3) is 4.10. The molecule has 0 radical (unpaired) electrons. The minimum absolute atomic E-state index is 0.0529. The normalized spacial score (nSPS) is 28.1. The summed E-state index contributed by atoms with van der Waals surface area (Å²) in [4.78, 5) is 40.2. The van der Waals surface area contributed by atoms with Crippen LogP contribution in [0.3, 0.4) is 0 Å². The van der Waals surface area contributed by atoms with E-state index in [0.29, 0.717) is 11.1 Å². The molecule has 6 nitrogen and oxygen atoms in total. The molecule has 2 aromatic carbocycles. The molecule has 1 saturated heterocycles. The highest BCUT2D eigenvalue weighted by Gasteiger charge is 2.51. The molecule has 1 aromatic heterocycles. The van der Waals surface area contributed by atoms with Crippen molar-refractivity contribution in [3.05, 3.63) is 87.7 Å². The fourth-order valence-corrected chi connectivity index (χ4v) is 8.77. The van der Waals surface area contributed by atoms with E-state index in [4.69, 9.17) is 0 Å². The summed E-state index contributed by atoms with van der Waals surface area (Å²) in [7, 11) is 0. The smallest absolute Gasteiger partial charge is 0.318 e. The van der Waals surface area contributed by atoms with Gasteiger partial charge in [0.25, 0.3) is 11.8 Å². The molecule has 4 saturated carbocycles. The average molecular weight is 548 g/mol. The molecule has 4 amide bonds. The lowest BCUT2D eigenvalue weighted by Crippen LogP contribution is -2.54. The first kappa shape index (κ1) is 26.0. The Balaban J connectivity index is 1.20. The number of anilines is 1. The minimum Gasteiger partial charge on any atom is -0.318 e. The second-order valence-electron chi connectivity index (χ2n) is 13.1. The van der Waals surface area contributed by atoms with Gasteiger partial charge in [-0.3, -0.25) is 14.9 Å². The van der Waals surface area contributed by atoms with Crippen LogP contribution in [0, 0.1) is 45.4 Å². The van der Waals surface area contributed by atoms with Crippen LogP contribution in [0.2, 0.25) is 0 Å². The van der Waals surface area contributed by atoms with Crippen molar-refractivity contribution >= 4 is 29.6 Å². The number of imide groups is 2. The average Bonchev–Trinajstić information content (AvgIpc) is 3.20. The Morgan fingerprint density at radius 2 is 1.49 bits per heavy atom. The van der Waals surface area contributed by atoms with Crippen molar-refractivity contribution in [3.8, 4) is 5.69 Å². The van der Waals surface area contributed by atoms with Gasteiger partial charge in [-0.05, 0) is 142 Å². The quantitative estimate of drug-likeness (QED) is 0.287. The molecule has 8 rings (SSSR count). The molecule has 0 unspecified atom stereocenters. The zero-order chi connectivity index (χ0) is 28.6. The third-order valence-electron chi connectivity index (χ3n) is 10.5. The van der Waals surface area contributed by atoms with Crippen molar-refractivity contribution in [2.45, 2.75) is 71.6 Å². The molecule has 0 spiro atoms. The zero-order valence-corrected chi connectivity index (χ0v) is 24.3. The van der Waals surface area contributed by atoms with E-state index in [2.05, 4.69) is 34.1 Å². The summed E-state index contributed by atoms with van der Waals surface area (Å²) in [6.07, 6.45) is 9.96. The van der Waals surface area contributed by atoms with E-state index in [1.807, 2.05) is 39.8 Å². The largest absolute Gasteiger partial charge is 0.335 e. The molecule has 5 aliphatic rings. The maximum atomic E-state index is 13.6. The summed E-state index contributed by atoms with van der Waals surface area (Å²) in [5, 5.41) is 2.36. The summed E-state index contributed by atoms with van der Waals surface area (Å²) in [6.45, 7) is 7.84. The van der Waals surface area contributed by atoms with Gasteiger partial charge >= 0.3 is 6.03 Å².